The first-order valence-corrected chi connectivity index (χ1v) is 17.8. The average Bonchev–Trinajstić information content (AvgIpc) is 3.36. The molecule has 1 aliphatic heterocycles. The summed E-state index contributed by atoms with van der Waals surface area (Å²) in [6.45, 7) is 9.82. The number of anilines is 1. The molecule has 13 nitrogen and oxygen atoms in total. The van der Waals surface area contributed by atoms with Crippen LogP contribution in [0.25, 0.3) is 0 Å². The maximum Gasteiger partial charge on any atom is 0.258 e. The van der Waals surface area contributed by atoms with Crippen LogP contribution in [-0.2, 0) is 19.6 Å². The van der Waals surface area contributed by atoms with Gasteiger partial charge in [0.2, 0.25) is 15.9 Å². The van der Waals surface area contributed by atoms with E-state index in [1.54, 1.807) is 43.9 Å². The molecule has 0 unspecified atom stereocenters. The fourth-order valence-corrected chi connectivity index (χ4v) is 7.06. The number of aryl methyl sites for hydroxylation is 2. The van der Waals surface area contributed by atoms with Gasteiger partial charge in [-0.2, -0.15) is 4.31 Å². The van der Waals surface area contributed by atoms with Crippen molar-refractivity contribution in [2.75, 3.05) is 59.3 Å². The highest BCUT2D eigenvalue weighted by Crippen LogP contribution is 2.29. The summed E-state index contributed by atoms with van der Waals surface area (Å²) < 4.78 is 46.0. The Morgan fingerprint density at radius 2 is 1.91 bits per heavy atom. The van der Waals surface area contributed by atoms with Crippen LogP contribution in [-0.4, -0.2) is 117 Å². The quantitative estimate of drug-likeness (QED) is 0.359. The van der Waals surface area contributed by atoms with Crippen molar-refractivity contribution in [2.45, 2.75) is 89.9 Å². The number of aliphatic hydroxyl groups is 1. The highest BCUT2D eigenvalue weighted by atomic mass is 32.2. The van der Waals surface area contributed by atoms with Gasteiger partial charge in [-0.3, -0.25) is 9.59 Å². The standard InChI is InChI=1S/C33H53N5O8S/c1-22-19-38(23(2)21-39)33(41)28-18-27(34-31(40)13-11-16-36(6)7)14-15-29(28)45-24(3)12-9-10-17-44-30(22)20-37(8)47(42,43)32-25(4)35-46-26(32)5/h14-15,18,22-24,30,39H,9-13,16-17,19-21H2,1-8H3,(H,34,40)/t22-,23+,24+,30-/m0/s1. The van der Waals surface area contributed by atoms with Crippen molar-refractivity contribution < 1.29 is 37.1 Å². The van der Waals surface area contributed by atoms with E-state index in [-0.39, 0.29) is 65.4 Å². The molecule has 4 atom stereocenters. The summed E-state index contributed by atoms with van der Waals surface area (Å²) in [4.78, 5) is 30.6. The Bertz CT molecular complexity index is 1430. The predicted octanol–water partition coefficient (Wildman–Crippen LogP) is 3.69. The first-order valence-electron chi connectivity index (χ1n) is 16.3. The fourth-order valence-electron chi connectivity index (χ4n) is 5.59. The second kappa shape index (κ2) is 17.4. The molecule has 2 heterocycles. The highest BCUT2D eigenvalue weighted by molar-refractivity contribution is 7.89. The molecule has 1 aliphatic rings. The molecule has 0 aliphatic carbocycles. The molecule has 1 aromatic heterocycles. The number of amides is 2. The van der Waals surface area contributed by atoms with Crippen molar-refractivity contribution in [1.29, 1.82) is 0 Å². The minimum atomic E-state index is -3.94. The number of nitrogens with one attached hydrogen (secondary N) is 1. The maximum absolute atomic E-state index is 14.3. The van der Waals surface area contributed by atoms with E-state index in [1.807, 2.05) is 32.8 Å². The Hall–Kier alpha value is -3.04. The van der Waals surface area contributed by atoms with E-state index in [2.05, 4.69) is 10.5 Å². The monoisotopic (exact) mass is 679 g/mol. The number of benzene rings is 1. The lowest BCUT2D eigenvalue weighted by Crippen LogP contribution is -2.48. The summed E-state index contributed by atoms with van der Waals surface area (Å²) in [6.07, 6.45) is 2.50. The van der Waals surface area contributed by atoms with Crippen LogP contribution in [0.3, 0.4) is 0 Å². The van der Waals surface area contributed by atoms with Gasteiger partial charge in [0.25, 0.3) is 5.91 Å². The maximum atomic E-state index is 14.3. The van der Waals surface area contributed by atoms with Crippen LogP contribution in [0.5, 0.6) is 5.75 Å². The van der Waals surface area contributed by atoms with E-state index in [1.165, 1.54) is 11.4 Å². The number of carbonyl (C=O) groups is 2. The zero-order chi connectivity index (χ0) is 34.9. The number of hydrogen-bond donors (Lipinski definition) is 2. The Labute approximate surface area is 279 Å². The topological polar surface area (TPSA) is 155 Å². The number of ether oxygens (including phenoxy) is 2. The van der Waals surface area contributed by atoms with Crippen LogP contribution in [0.2, 0.25) is 0 Å². The molecule has 264 valence electrons. The van der Waals surface area contributed by atoms with Gasteiger partial charge in [-0.05, 0) is 92.2 Å². The predicted molar refractivity (Wildman–Crippen MR) is 179 cm³/mol. The van der Waals surface area contributed by atoms with E-state index in [4.69, 9.17) is 14.0 Å². The summed E-state index contributed by atoms with van der Waals surface area (Å²) in [7, 11) is 1.46. The molecule has 2 N–H and O–H groups in total. The lowest BCUT2D eigenvalue weighted by Gasteiger charge is -2.35. The van der Waals surface area contributed by atoms with E-state index in [0.29, 0.717) is 37.3 Å². The molecule has 0 radical (unpaired) electrons. The Morgan fingerprint density at radius 1 is 1.19 bits per heavy atom. The SMILES string of the molecule is Cc1noc(C)c1S(=O)(=O)N(C)C[C@@H]1OCCCC[C@@H](C)Oc2ccc(NC(=O)CCCN(C)C)cc2C(=O)N([C@H](C)CO)C[C@@H]1C. The van der Waals surface area contributed by atoms with Gasteiger partial charge in [-0.1, -0.05) is 12.1 Å². The Morgan fingerprint density at radius 3 is 2.55 bits per heavy atom. The average molecular weight is 680 g/mol. The molecular formula is C33H53N5O8S. The van der Waals surface area contributed by atoms with E-state index >= 15 is 0 Å². The van der Waals surface area contributed by atoms with Gasteiger partial charge < -0.3 is 34.2 Å². The molecule has 0 saturated heterocycles. The number of fused-ring (bicyclic) bond motifs is 1. The second-order valence-corrected chi connectivity index (χ2v) is 14.9. The number of rotatable bonds is 11. The smallest absolute Gasteiger partial charge is 0.258 e. The molecule has 3 rings (SSSR count). The molecule has 47 heavy (non-hydrogen) atoms. The number of sulfonamides is 1. The van der Waals surface area contributed by atoms with Gasteiger partial charge in [0.05, 0.1) is 30.4 Å². The van der Waals surface area contributed by atoms with Gasteiger partial charge in [-0.15, -0.1) is 0 Å². The van der Waals surface area contributed by atoms with Crippen molar-refractivity contribution >= 4 is 27.5 Å². The van der Waals surface area contributed by atoms with Gasteiger partial charge in [0.1, 0.15) is 16.3 Å². The number of hydrogen-bond acceptors (Lipinski definition) is 10. The molecule has 2 aromatic rings. The summed E-state index contributed by atoms with van der Waals surface area (Å²) in [5, 5.41) is 16.9. The number of carbonyl (C=O) groups excluding carboxylic acids is 2. The summed E-state index contributed by atoms with van der Waals surface area (Å²) in [5.74, 6) is -0.259. The van der Waals surface area contributed by atoms with Gasteiger partial charge >= 0.3 is 0 Å². The molecule has 1 aromatic carbocycles. The number of aliphatic hydroxyl groups excluding tert-OH is 1. The third-order valence-electron chi connectivity index (χ3n) is 8.42. The van der Waals surface area contributed by atoms with E-state index < -0.39 is 22.2 Å². The van der Waals surface area contributed by atoms with Crippen LogP contribution < -0.4 is 10.1 Å². The van der Waals surface area contributed by atoms with Crippen molar-refractivity contribution in [1.82, 2.24) is 19.3 Å². The minimum absolute atomic E-state index is 0.0310. The first-order chi connectivity index (χ1) is 22.1. The summed E-state index contributed by atoms with van der Waals surface area (Å²) >= 11 is 0. The molecule has 14 heteroatoms. The lowest BCUT2D eigenvalue weighted by atomic mass is 10.0. The van der Waals surface area contributed by atoms with Crippen LogP contribution in [0.1, 0.15) is 74.7 Å². The third kappa shape index (κ3) is 10.5. The molecule has 0 fully saturated rings. The van der Waals surface area contributed by atoms with Crippen LogP contribution in [0.4, 0.5) is 5.69 Å². The van der Waals surface area contributed by atoms with Gasteiger partial charge in [-0.25, -0.2) is 8.42 Å². The number of nitrogens with zero attached hydrogens (tertiary/aromatic N) is 4. The van der Waals surface area contributed by atoms with Crippen molar-refractivity contribution in [3.05, 3.63) is 35.2 Å². The molecule has 0 spiro atoms. The van der Waals surface area contributed by atoms with Crippen molar-refractivity contribution in [2.24, 2.45) is 5.92 Å². The number of aromatic nitrogens is 1. The van der Waals surface area contributed by atoms with Crippen LogP contribution >= 0.6 is 0 Å². The summed E-state index contributed by atoms with van der Waals surface area (Å²) in [5.41, 5.74) is 1.02. The molecular weight excluding hydrogens is 626 g/mol. The zero-order valence-electron chi connectivity index (χ0n) is 29.1. The molecule has 0 bridgehead atoms. The van der Waals surface area contributed by atoms with Crippen LogP contribution in [0.15, 0.2) is 27.6 Å². The fraction of sp³-hybridized carbons (Fsp3) is 0.667. The minimum Gasteiger partial charge on any atom is -0.490 e. The normalized spacial score (nSPS) is 20.9. The highest BCUT2D eigenvalue weighted by Gasteiger charge is 2.34. The Kier molecular flexibility index (Phi) is 14.2. The zero-order valence-corrected chi connectivity index (χ0v) is 29.9. The molecule has 2 amide bonds. The van der Waals surface area contributed by atoms with Gasteiger partial charge in [0.15, 0.2) is 5.76 Å². The van der Waals surface area contributed by atoms with Crippen LogP contribution in [0, 0.1) is 19.8 Å². The molecule has 0 saturated carbocycles. The first kappa shape index (κ1) is 38.4. The van der Waals surface area contributed by atoms with E-state index in [0.717, 1.165) is 19.4 Å². The lowest BCUT2D eigenvalue weighted by molar-refractivity contribution is -0.116. The second-order valence-electron chi connectivity index (χ2n) is 12.9. The Balaban J connectivity index is 1.94. The number of likely N-dealkylation sites (N-methyl/N-ethyl adjacent to an activating group) is 1. The third-order valence-corrected chi connectivity index (χ3v) is 10.5. The van der Waals surface area contributed by atoms with Crippen molar-refractivity contribution in [3.8, 4) is 5.75 Å². The largest absolute Gasteiger partial charge is 0.490 e. The summed E-state index contributed by atoms with van der Waals surface area (Å²) in [6, 6.07) is 4.49. The van der Waals surface area contributed by atoms with Gasteiger partial charge in [0, 0.05) is 44.8 Å². The van der Waals surface area contributed by atoms with E-state index in [9.17, 15) is 23.1 Å². The van der Waals surface area contributed by atoms with Crippen molar-refractivity contribution in [3.63, 3.8) is 0 Å².